The third-order valence-electron chi connectivity index (χ3n) is 4.19. The van der Waals surface area contributed by atoms with Crippen LogP contribution in [0.1, 0.15) is 26.7 Å². The van der Waals surface area contributed by atoms with E-state index < -0.39 is 5.54 Å². The number of carbonyl (C=O) groups is 1. The molecule has 5 nitrogen and oxygen atoms in total. The molecule has 1 unspecified atom stereocenters. The highest BCUT2D eigenvalue weighted by Crippen LogP contribution is 2.11. The van der Waals surface area contributed by atoms with Gasteiger partial charge in [0.2, 0.25) is 5.91 Å². The van der Waals surface area contributed by atoms with Gasteiger partial charge in [-0.05, 0) is 26.9 Å². The van der Waals surface area contributed by atoms with E-state index in [1.54, 1.807) is 0 Å². The molecule has 0 aliphatic carbocycles. The second-order valence-corrected chi connectivity index (χ2v) is 5.47. The normalized spacial score (nSPS) is 23.1. The summed E-state index contributed by atoms with van der Waals surface area (Å²) in [6.45, 7) is 7.73. The van der Waals surface area contributed by atoms with Gasteiger partial charge < -0.3 is 16.0 Å². The fourth-order valence-electron chi connectivity index (χ4n) is 2.28. The number of amides is 1. The lowest BCUT2D eigenvalue weighted by atomic mass is 9.93. The topological polar surface area (TPSA) is 61.6 Å². The number of hydrogen-bond donors (Lipinski definition) is 2. The molecule has 0 aromatic carbocycles. The first-order chi connectivity index (χ1) is 8.42. The van der Waals surface area contributed by atoms with E-state index in [0.717, 1.165) is 19.6 Å². The zero-order valence-electron chi connectivity index (χ0n) is 12.2. The van der Waals surface area contributed by atoms with Gasteiger partial charge in [-0.1, -0.05) is 13.8 Å². The lowest BCUT2D eigenvalue weighted by Gasteiger charge is -2.38. The molecule has 0 aromatic heterocycles. The SMILES string of the molecule is CCC(N)(CC)C(=O)NCC1CN(C)CCN1C. The molecule has 1 fully saturated rings. The number of nitrogens with two attached hydrogens (primary N) is 1. The van der Waals surface area contributed by atoms with Gasteiger partial charge >= 0.3 is 0 Å². The first kappa shape index (κ1) is 15.4. The fraction of sp³-hybridized carbons (Fsp3) is 0.923. The Bertz CT molecular complexity index is 278. The Balaban J connectivity index is 2.46. The van der Waals surface area contributed by atoms with E-state index in [4.69, 9.17) is 5.73 Å². The number of likely N-dealkylation sites (N-methyl/N-ethyl adjacent to an activating group) is 2. The summed E-state index contributed by atoms with van der Waals surface area (Å²) in [4.78, 5) is 16.7. The van der Waals surface area contributed by atoms with Crippen LogP contribution in [-0.4, -0.2) is 67.6 Å². The zero-order chi connectivity index (χ0) is 13.8. The average Bonchev–Trinajstić information content (AvgIpc) is 2.38. The van der Waals surface area contributed by atoms with E-state index in [1.807, 2.05) is 13.8 Å². The highest BCUT2D eigenvalue weighted by atomic mass is 16.2. The molecule has 106 valence electrons. The van der Waals surface area contributed by atoms with Gasteiger partial charge in [0.05, 0.1) is 5.54 Å². The molecule has 1 saturated heterocycles. The molecule has 0 aromatic rings. The van der Waals surface area contributed by atoms with Crippen molar-refractivity contribution in [3.63, 3.8) is 0 Å². The second kappa shape index (κ2) is 6.50. The summed E-state index contributed by atoms with van der Waals surface area (Å²) >= 11 is 0. The van der Waals surface area contributed by atoms with E-state index in [9.17, 15) is 4.79 Å². The molecule has 1 rings (SSSR count). The smallest absolute Gasteiger partial charge is 0.240 e. The first-order valence-corrected chi connectivity index (χ1v) is 6.89. The van der Waals surface area contributed by atoms with Crippen molar-refractivity contribution < 1.29 is 4.79 Å². The maximum atomic E-state index is 12.1. The maximum absolute atomic E-state index is 12.1. The summed E-state index contributed by atoms with van der Waals surface area (Å²) < 4.78 is 0. The van der Waals surface area contributed by atoms with Crippen molar-refractivity contribution in [2.75, 3.05) is 40.3 Å². The minimum absolute atomic E-state index is 0.0193. The monoisotopic (exact) mass is 256 g/mol. The highest BCUT2D eigenvalue weighted by molar-refractivity contribution is 5.85. The largest absolute Gasteiger partial charge is 0.353 e. The van der Waals surface area contributed by atoms with Gasteiger partial charge in [-0.3, -0.25) is 9.69 Å². The molecule has 3 N–H and O–H groups in total. The summed E-state index contributed by atoms with van der Waals surface area (Å²) in [6, 6.07) is 0.380. The molecule has 0 spiro atoms. The second-order valence-electron chi connectivity index (χ2n) is 5.47. The summed E-state index contributed by atoms with van der Waals surface area (Å²) in [5.74, 6) is -0.0193. The number of piperazine rings is 1. The van der Waals surface area contributed by atoms with Crippen LogP contribution in [0.4, 0.5) is 0 Å². The number of carbonyl (C=O) groups excluding carboxylic acids is 1. The number of nitrogens with one attached hydrogen (secondary N) is 1. The first-order valence-electron chi connectivity index (χ1n) is 6.89. The highest BCUT2D eigenvalue weighted by Gasteiger charge is 2.31. The molecule has 0 bridgehead atoms. The molecule has 1 amide bonds. The van der Waals surface area contributed by atoms with Crippen LogP contribution in [0.15, 0.2) is 0 Å². The maximum Gasteiger partial charge on any atom is 0.240 e. The van der Waals surface area contributed by atoms with Crippen LogP contribution in [0.2, 0.25) is 0 Å². The summed E-state index contributed by atoms with van der Waals surface area (Å²) in [5.41, 5.74) is 5.37. The Labute approximate surface area is 111 Å². The molecule has 1 atom stereocenters. The minimum atomic E-state index is -0.709. The van der Waals surface area contributed by atoms with Crippen LogP contribution >= 0.6 is 0 Å². The molecule has 0 radical (unpaired) electrons. The molecule has 1 aliphatic rings. The van der Waals surface area contributed by atoms with Gasteiger partial charge in [0, 0.05) is 32.2 Å². The molecular weight excluding hydrogens is 228 g/mol. The number of nitrogens with zero attached hydrogens (tertiary/aromatic N) is 2. The summed E-state index contributed by atoms with van der Waals surface area (Å²) in [5, 5.41) is 3.01. The van der Waals surface area contributed by atoms with Gasteiger partial charge in [0.15, 0.2) is 0 Å². The lowest BCUT2D eigenvalue weighted by Crippen LogP contribution is -2.58. The Morgan fingerprint density at radius 2 is 1.94 bits per heavy atom. The van der Waals surface area contributed by atoms with Crippen LogP contribution in [0.3, 0.4) is 0 Å². The van der Waals surface area contributed by atoms with E-state index in [1.165, 1.54) is 0 Å². The predicted octanol–water partition coefficient (Wildman–Crippen LogP) is -0.134. The van der Waals surface area contributed by atoms with Crippen LogP contribution in [0.25, 0.3) is 0 Å². The number of rotatable bonds is 5. The van der Waals surface area contributed by atoms with Gasteiger partial charge in [0.1, 0.15) is 0 Å². The third-order valence-corrected chi connectivity index (χ3v) is 4.19. The molecule has 0 saturated carbocycles. The Hall–Kier alpha value is -0.650. The average molecular weight is 256 g/mol. The van der Waals surface area contributed by atoms with E-state index in [0.29, 0.717) is 25.4 Å². The van der Waals surface area contributed by atoms with Gasteiger partial charge in [-0.15, -0.1) is 0 Å². The van der Waals surface area contributed by atoms with Gasteiger partial charge in [-0.25, -0.2) is 0 Å². The van der Waals surface area contributed by atoms with E-state index in [-0.39, 0.29) is 5.91 Å². The minimum Gasteiger partial charge on any atom is -0.353 e. The molecule has 1 aliphatic heterocycles. The Kier molecular flexibility index (Phi) is 5.56. The van der Waals surface area contributed by atoms with Crippen molar-refractivity contribution in [3.05, 3.63) is 0 Å². The lowest BCUT2D eigenvalue weighted by molar-refractivity contribution is -0.127. The Morgan fingerprint density at radius 1 is 1.33 bits per heavy atom. The molecular formula is C13H28N4O. The van der Waals surface area contributed by atoms with Gasteiger partial charge in [-0.2, -0.15) is 0 Å². The summed E-state index contributed by atoms with van der Waals surface area (Å²) in [7, 11) is 4.23. The van der Waals surface area contributed by atoms with Crippen molar-refractivity contribution in [1.29, 1.82) is 0 Å². The third kappa shape index (κ3) is 3.67. The Morgan fingerprint density at radius 3 is 2.50 bits per heavy atom. The molecule has 18 heavy (non-hydrogen) atoms. The van der Waals surface area contributed by atoms with Gasteiger partial charge in [0.25, 0.3) is 0 Å². The van der Waals surface area contributed by atoms with Crippen LogP contribution < -0.4 is 11.1 Å². The van der Waals surface area contributed by atoms with Crippen molar-refractivity contribution >= 4 is 5.91 Å². The standard InChI is InChI=1S/C13H28N4O/c1-5-13(14,6-2)12(18)15-9-11-10-16(3)7-8-17(11)4/h11H,5-10,14H2,1-4H3,(H,15,18). The van der Waals surface area contributed by atoms with E-state index >= 15 is 0 Å². The van der Waals surface area contributed by atoms with Crippen molar-refractivity contribution in [2.24, 2.45) is 5.73 Å². The number of hydrogen-bond acceptors (Lipinski definition) is 4. The van der Waals surface area contributed by atoms with Crippen LogP contribution in [0.5, 0.6) is 0 Å². The predicted molar refractivity (Wildman–Crippen MR) is 74.4 cm³/mol. The van der Waals surface area contributed by atoms with Crippen LogP contribution in [0, 0.1) is 0 Å². The van der Waals surface area contributed by atoms with Crippen molar-refractivity contribution in [2.45, 2.75) is 38.3 Å². The molecule has 5 heteroatoms. The summed E-state index contributed by atoms with van der Waals surface area (Å²) in [6.07, 6.45) is 1.35. The fourth-order valence-corrected chi connectivity index (χ4v) is 2.28. The van der Waals surface area contributed by atoms with Crippen molar-refractivity contribution in [1.82, 2.24) is 15.1 Å². The van der Waals surface area contributed by atoms with Crippen LogP contribution in [-0.2, 0) is 4.79 Å². The zero-order valence-corrected chi connectivity index (χ0v) is 12.2. The quantitative estimate of drug-likeness (QED) is 0.719. The van der Waals surface area contributed by atoms with E-state index in [2.05, 4.69) is 29.2 Å². The molecule has 1 heterocycles. The van der Waals surface area contributed by atoms with Crippen molar-refractivity contribution in [3.8, 4) is 0 Å².